The first kappa shape index (κ1) is 12.4. The van der Waals surface area contributed by atoms with Crippen LogP contribution in [-0.4, -0.2) is 24.1 Å². The molecule has 17 heavy (non-hydrogen) atoms. The topological polar surface area (TPSA) is 31.2 Å². The standard InChI is InChI=1S/C14H21NO2/c1-3-5-11(10-17-2)15-9-8-12-13(15)6-4-7-14(12)16/h8-9,11H,3-7,10H2,1-2H3. The minimum absolute atomic E-state index is 0.303. The van der Waals surface area contributed by atoms with E-state index in [2.05, 4.69) is 17.7 Å². The number of methoxy groups -OCH3 is 1. The summed E-state index contributed by atoms with van der Waals surface area (Å²) in [6.45, 7) is 2.91. The molecule has 0 saturated carbocycles. The summed E-state index contributed by atoms with van der Waals surface area (Å²) in [5.74, 6) is 0.303. The van der Waals surface area contributed by atoms with Crippen LogP contribution in [-0.2, 0) is 11.2 Å². The minimum atomic E-state index is 0.303. The number of ether oxygens (including phenoxy) is 1. The summed E-state index contributed by atoms with van der Waals surface area (Å²) in [4.78, 5) is 11.8. The summed E-state index contributed by atoms with van der Waals surface area (Å²) in [7, 11) is 1.74. The third kappa shape index (κ3) is 2.44. The summed E-state index contributed by atoms with van der Waals surface area (Å²) in [6, 6.07) is 2.36. The van der Waals surface area contributed by atoms with Crippen LogP contribution in [0.1, 0.15) is 54.7 Å². The van der Waals surface area contributed by atoms with Gasteiger partial charge in [-0.1, -0.05) is 13.3 Å². The van der Waals surface area contributed by atoms with Gasteiger partial charge in [-0.2, -0.15) is 0 Å². The molecule has 0 aromatic carbocycles. The molecule has 1 heterocycles. The first-order chi connectivity index (χ1) is 8.27. The highest BCUT2D eigenvalue weighted by molar-refractivity contribution is 5.98. The number of rotatable bonds is 5. The minimum Gasteiger partial charge on any atom is -0.383 e. The van der Waals surface area contributed by atoms with Crippen LogP contribution in [0.4, 0.5) is 0 Å². The summed E-state index contributed by atoms with van der Waals surface area (Å²) in [5, 5.41) is 0. The first-order valence-corrected chi connectivity index (χ1v) is 6.49. The average molecular weight is 235 g/mol. The summed E-state index contributed by atoms with van der Waals surface area (Å²) in [6.07, 6.45) is 7.02. The molecular weight excluding hydrogens is 214 g/mol. The van der Waals surface area contributed by atoms with Crippen LogP contribution in [0.15, 0.2) is 12.3 Å². The number of fused-ring (bicyclic) bond motifs is 1. The molecule has 0 aliphatic heterocycles. The van der Waals surface area contributed by atoms with Gasteiger partial charge in [0.15, 0.2) is 5.78 Å². The maximum absolute atomic E-state index is 11.8. The molecule has 1 aromatic heterocycles. The van der Waals surface area contributed by atoms with Crippen LogP contribution >= 0.6 is 0 Å². The number of nitrogens with zero attached hydrogens (tertiary/aromatic N) is 1. The second-order valence-electron chi connectivity index (χ2n) is 4.76. The lowest BCUT2D eigenvalue weighted by molar-refractivity contribution is 0.0970. The summed E-state index contributed by atoms with van der Waals surface area (Å²) in [5.41, 5.74) is 2.16. The number of carbonyl (C=O) groups is 1. The van der Waals surface area contributed by atoms with E-state index < -0.39 is 0 Å². The highest BCUT2D eigenvalue weighted by atomic mass is 16.5. The maximum atomic E-state index is 11.8. The van der Waals surface area contributed by atoms with Crippen molar-refractivity contribution in [3.05, 3.63) is 23.5 Å². The van der Waals surface area contributed by atoms with Gasteiger partial charge in [0.05, 0.1) is 12.6 Å². The molecule has 1 aliphatic carbocycles. The van der Waals surface area contributed by atoms with E-state index in [1.807, 2.05) is 6.07 Å². The number of aromatic nitrogens is 1. The Labute approximate surface area is 103 Å². The zero-order valence-electron chi connectivity index (χ0n) is 10.7. The molecular formula is C14H21NO2. The van der Waals surface area contributed by atoms with Crippen molar-refractivity contribution in [2.45, 2.75) is 45.1 Å². The van der Waals surface area contributed by atoms with Crippen molar-refractivity contribution in [3.8, 4) is 0 Å². The molecule has 94 valence electrons. The summed E-state index contributed by atoms with van der Waals surface area (Å²) >= 11 is 0. The molecule has 1 atom stereocenters. The number of hydrogen-bond donors (Lipinski definition) is 0. The molecule has 3 heteroatoms. The van der Waals surface area contributed by atoms with E-state index in [0.29, 0.717) is 18.2 Å². The number of Topliss-reactive ketones (excluding diaryl/α,β-unsaturated/α-hetero) is 1. The normalized spacial score (nSPS) is 16.9. The fourth-order valence-corrected chi connectivity index (χ4v) is 2.72. The van der Waals surface area contributed by atoms with E-state index in [4.69, 9.17) is 4.74 Å². The lowest BCUT2D eigenvalue weighted by Crippen LogP contribution is -2.19. The van der Waals surface area contributed by atoms with Crippen molar-refractivity contribution in [1.82, 2.24) is 4.57 Å². The number of carbonyl (C=O) groups excluding carboxylic acids is 1. The lowest BCUT2D eigenvalue weighted by Gasteiger charge is -2.22. The van der Waals surface area contributed by atoms with Crippen molar-refractivity contribution in [3.63, 3.8) is 0 Å². The quantitative estimate of drug-likeness (QED) is 0.785. The smallest absolute Gasteiger partial charge is 0.164 e. The monoisotopic (exact) mass is 235 g/mol. The van der Waals surface area contributed by atoms with Gasteiger partial charge in [0, 0.05) is 31.0 Å². The zero-order chi connectivity index (χ0) is 12.3. The molecule has 1 aliphatic rings. The Bertz CT molecular complexity index is 389. The van der Waals surface area contributed by atoms with E-state index in [9.17, 15) is 4.79 Å². The molecule has 1 unspecified atom stereocenters. The molecule has 0 N–H and O–H groups in total. The largest absolute Gasteiger partial charge is 0.383 e. The van der Waals surface area contributed by atoms with Gasteiger partial charge in [0.1, 0.15) is 0 Å². The molecule has 0 bridgehead atoms. The third-order valence-electron chi connectivity index (χ3n) is 3.52. The van der Waals surface area contributed by atoms with Gasteiger partial charge in [-0.05, 0) is 25.3 Å². The predicted octanol–water partition coefficient (Wildman–Crippen LogP) is 2.99. The third-order valence-corrected chi connectivity index (χ3v) is 3.52. The SMILES string of the molecule is CCCC(COC)n1ccc2c1CCCC2=O. The zero-order valence-corrected chi connectivity index (χ0v) is 10.7. The van der Waals surface area contributed by atoms with Crippen LogP contribution < -0.4 is 0 Å². The number of hydrogen-bond acceptors (Lipinski definition) is 2. The average Bonchev–Trinajstić information content (AvgIpc) is 2.74. The molecule has 0 amide bonds. The van der Waals surface area contributed by atoms with Crippen LogP contribution in [0, 0.1) is 0 Å². The highest BCUT2D eigenvalue weighted by Crippen LogP contribution is 2.27. The fraction of sp³-hybridized carbons (Fsp3) is 0.643. The molecule has 1 aromatic rings. The van der Waals surface area contributed by atoms with E-state index in [1.54, 1.807) is 7.11 Å². The Hall–Kier alpha value is -1.09. The van der Waals surface area contributed by atoms with Crippen molar-refractivity contribution in [2.24, 2.45) is 0 Å². The molecule has 0 saturated heterocycles. The fourth-order valence-electron chi connectivity index (χ4n) is 2.72. The van der Waals surface area contributed by atoms with Gasteiger partial charge in [0.25, 0.3) is 0 Å². The van der Waals surface area contributed by atoms with E-state index in [-0.39, 0.29) is 0 Å². The number of ketones is 1. The van der Waals surface area contributed by atoms with Gasteiger partial charge in [-0.15, -0.1) is 0 Å². The van der Waals surface area contributed by atoms with Gasteiger partial charge in [-0.3, -0.25) is 4.79 Å². The predicted molar refractivity (Wildman–Crippen MR) is 67.5 cm³/mol. The van der Waals surface area contributed by atoms with E-state index in [1.165, 1.54) is 5.69 Å². The first-order valence-electron chi connectivity index (χ1n) is 6.49. The lowest BCUT2D eigenvalue weighted by atomic mass is 9.96. The van der Waals surface area contributed by atoms with Crippen LogP contribution in [0.25, 0.3) is 0 Å². The second-order valence-corrected chi connectivity index (χ2v) is 4.76. The van der Waals surface area contributed by atoms with Crippen LogP contribution in [0.3, 0.4) is 0 Å². The molecule has 2 rings (SSSR count). The Morgan fingerprint density at radius 2 is 2.29 bits per heavy atom. The maximum Gasteiger partial charge on any atom is 0.164 e. The Balaban J connectivity index is 2.28. The van der Waals surface area contributed by atoms with Gasteiger partial charge >= 0.3 is 0 Å². The molecule has 0 spiro atoms. The Morgan fingerprint density at radius 1 is 1.47 bits per heavy atom. The molecule has 3 nitrogen and oxygen atoms in total. The van der Waals surface area contributed by atoms with Crippen molar-refractivity contribution in [2.75, 3.05) is 13.7 Å². The van der Waals surface area contributed by atoms with Crippen LogP contribution in [0.5, 0.6) is 0 Å². The van der Waals surface area contributed by atoms with E-state index in [0.717, 1.165) is 37.9 Å². The van der Waals surface area contributed by atoms with Gasteiger partial charge < -0.3 is 9.30 Å². The van der Waals surface area contributed by atoms with Gasteiger partial charge in [0.2, 0.25) is 0 Å². The molecule has 0 fully saturated rings. The van der Waals surface area contributed by atoms with Crippen LogP contribution in [0.2, 0.25) is 0 Å². The molecule has 0 radical (unpaired) electrons. The Kier molecular flexibility index (Phi) is 4.00. The summed E-state index contributed by atoms with van der Waals surface area (Å²) < 4.78 is 7.56. The van der Waals surface area contributed by atoms with Crippen molar-refractivity contribution < 1.29 is 9.53 Å². The Morgan fingerprint density at radius 3 is 3.00 bits per heavy atom. The van der Waals surface area contributed by atoms with Crippen molar-refractivity contribution in [1.29, 1.82) is 0 Å². The van der Waals surface area contributed by atoms with E-state index >= 15 is 0 Å². The second kappa shape index (κ2) is 5.50. The highest BCUT2D eigenvalue weighted by Gasteiger charge is 2.23. The van der Waals surface area contributed by atoms with Gasteiger partial charge in [-0.25, -0.2) is 0 Å². The van der Waals surface area contributed by atoms with Crippen molar-refractivity contribution >= 4 is 5.78 Å².